The number of halogens is 1. The Bertz CT molecular complexity index is 177. The van der Waals surface area contributed by atoms with Crippen molar-refractivity contribution in [3.63, 3.8) is 0 Å². The van der Waals surface area contributed by atoms with E-state index in [0.29, 0.717) is 5.41 Å². The van der Waals surface area contributed by atoms with Crippen LogP contribution in [0.25, 0.3) is 0 Å². The summed E-state index contributed by atoms with van der Waals surface area (Å²) < 4.78 is 11.3. The number of hydrogen-bond acceptors (Lipinski definition) is 2. The highest BCUT2D eigenvalue weighted by atomic mass is 79.9. The summed E-state index contributed by atoms with van der Waals surface area (Å²) >= 11 is 3.62. The van der Waals surface area contributed by atoms with E-state index >= 15 is 0 Å². The number of ether oxygens (including phenoxy) is 2. The van der Waals surface area contributed by atoms with Crippen LogP contribution in [0.5, 0.6) is 0 Å². The van der Waals surface area contributed by atoms with Gasteiger partial charge in [-0.1, -0.05) is 29.8 Å². The smallest absolute Gasteiger partial charge is 0.0531 e. The molecule has 1 fully saturated rings. The van der Waals surface area contributed by atoms with Crippen LogP contribution in [0.2, 0.25) is 0 Å². The molecule has 1 rings (SSSR count). The third-order valence-electron chi connectivity index (χ3n) is 3.30. The van der Waals surface area contributed by atoms with Crippen LogP contribution in [0.1, 0.15) is 39.5 Å². The van der Waals surface area contributed by atoms with Crippen LogP contribution in [-0.4, -0.2) is 31.8 Å². The molecule has 0 amide bonds. The lowest BCUT2D eigenvalue weighted by Gasteiger charge is -2.35. The predicted octanol–water partition coefficient (Wildman–Crippen LogP) is 3.63. The molecule has 1 atom stereocenters. The maximum atomic E-state index is 5.70. The SMILES string of the molecule is CC(C)CCOCCC1(CBr)CCCOC1. The molecule has 0 aliphatic carbocycles. The van der Waals surface area contributed by atoms with Crippen molar-refractivity contribution in [2.24, 2.45) is 11.3 Å². The molecule has 1 aliphatic rings. The van der Waals surface area contributed by atoms with Gasteiger partial charge in [-0.15, -0.1) is 0 Å². The summed E-state index contributed by atoms with van der Waals surface area (Å²) in [4.78, 5) is 0. The van der Waals surface area contributed by atoms with Crippen LogP contribution in [-0.2, 0) is 9.47 Å². The van der Waals surface area contributed by atoms with Gasteiger partial charge in [-0.2, -0.15) is 0 Å². The molecule has 0 N–H and O–H groups in total. The van der Waals surface area contributed by atoms with Crippen molar-refractivity contribution in [3.8, 4) is 0 Å². The fourth-order valence-corrected chi connectivity index (χ4v) is 2.71. The van der Waals surface area contributed by atoms with Crippen LogP contribution in [0, 0.1) is 11.3 Å². The molecule has 16 heavy (non-hydrogen) atoms. The summed E-state index contributed by atoms with van der Waals surface area (Å²) in [7, 11) is 0. The van der Waals surface area contributed by atoms with Gasteiger partial charge in [0.05, 0.1) is 6.61 Å². The minimum Gasteiger partial charge on any atom is -0.381 e. The number of alkyl halides is 1. The Labute approximate surface area is 108 Å². The fourth-order valence-electron chi connectivity index (χ4n) is 1.99. The van der Waals surface area contributed by atoms with Crippen molar-refractivity contribution < 1.29 is 9.47 Å². The average Bonchev–Trinajstić information content (AvgIpc) is 2.29. The lowest BCUT2D eigenvalue weighted by molar-refractivity contribution is -0.0151. The van der Waals surface area contributed by atoms with E-state index in [-0.39, 0.29) is 0 Å². The highest BCUT2D eigenvalue weighted by Crippen LogP contribution is 2.34. The first-order valence-electron chi connectivity index (χ1n) is 6.40. The molecule has 1 aliphatic heterocycles. The van der Waals surface area contributed by atoms with Crippen LogP contribution >= 0.6 is 15.9 Å². The minimum atomic E-state index is 0.329. The summed E-state index contributed by atoms with van der Waals surface area (Å²) in [6, 6.07) is 0. The number of rotatable bonds is 7. The Balaban J connectivity index is 2.13. The van der Waals surface area contributed by atoms with Crippen molar-refractivity contribution in [3.05, 3.63) is 0 Å². The quantitative estimate of drug-likeness (QED) is 0.527. The second-order valence-electron chi connectivity index (χ2n) is 5.33. The van der Waals surface area contributed by atoms with E-state index in [4.69, 9.17) is 9.47 Å². The highest BCUT2D eigenvalue weighted by Gasteiger charge is 2.31. The normalized spacial score (nSPS) is 26.2. The van der Waals surface area contributed by atoms with E-state index in [1.807, 2.05) is 0 Å². The van der Waals surface area contributed by atoms with Crippen LogP contribution in [0.4, 0.5) is 0 Å². The molecular formula is C13H25BrO2. The fraction of sp³-hybridized carbons (Fsp3) is 1.00. The van der Waals surface area contributed by atoms with Gasteiger partial charge >= 0.3 is 0 Å². The molecule has 0 aromatic carbocycles. The molecule has 0 radical (unpaired) electrons. The van der Waals surface area contributed by atoms with Gasteiger partial charge in [0.2, 0.25) is 0 Å². The third kappa shape index (κ3) is 5.15. The van der Waals surface area contributed by atoms with Gasteiger partial charge in [0.1, 0.15) is 0 Å². The first kappa shape index (κ1) is 14.5. The zero-order chi connectivity index (χ0) is 11.9. The Morgan fingerprint density at radius 2 is 2.19 bits per heavy atom. The first-order chi connectivity index (χ1) is 7.68. The minimum absolute atomic E-state index is 0.329. The standard InChI is InChI=1S/C13H25BrO2/c1-12(2)4-8-15-9-6-13(10-14)5-3-7-16-11-13/h12H,3-11H2,1-2H3. The first-order valence-corrected chi connectivity index (χ1v) is 7.52. The summed E-state index contributed by atoms with van der Waals surface area (Å²) in [5, 5.41) is 1.04. The van der Waals surface area contributed by atoms with Crippen LogP contribution < -0.4 is 0 Å². The van der Waals surface area contributed by atoms with Crippen molar-refractivity contribution in [2.75, 3.05) is 31.8 Å². The summed E-state index contributed by atoms with van der Waals surface area (Å²) in [5.41, 5.74) is 0.329. The molecule has 1 saturated heterocycles. The van der Waals surface area contributed by atoms with Gasteiger partial charge in [-0.25, -0.2) is 0 Å². The Kier molecular flexibility index (Phi) is 6.94. The molecule has 0 spiro atoms. The average molecular weight is 293 g/mol. The lowest BCUT2D eigenvalue weighted by Crippen LogP contribution is -2.34. The zero-order valence-corrected chi connectivity index (χ0v) is 12.2. The maximum Gasteiger partial charge on any atom is 0.0531 e. The van der Waals surface area contributed by atoms with Crippen molar-refractivity contribution in [1.29, 1.82) is 0 Å². The molecule has 0 aromatic heterocycles. The van der Waals surface area contributed by atoms with Crippen LogP contribution in [0.15, 0.2) is 0 Å². The van der Waals surface area contributed by atoms with E-state index in [1.54, 1.807) is 0 Å². The van der Waals surface area contributed by atoms with Crippen molar-refractivity contribution in [1.82, 2.24) is 0 Å². The lowest BCUT2D eigenvalue weighted by atomic mass is 9.82. The van der Waals surface area contributed by atoms with Crippen LogP contribution in [0.3, 0.4) is 0 Å². The maximum absolute atomic E-state index is 5.70. The summed E-state index contributed by atoms with van der Waals surface area (Å²) in [5.74, 6) is 0.739. The van der Waals surface area contributed by atoms with Gasteiger partial charge < -0.3 is 9.47 Å². The topological polar surface area (TPSA) is 18.5 Å². The molecule has 3 heteroatoms. The van der Waals surface area contributed by atoms with Crippen molar-refractivity contribution >= 4 is 15.9 Å². The zero-order valence-electron chi connectivity index (χ0n) is 10.6. The van der Waals surface area contributed by atoms with Gasteiger partial charge in [0, 0.05) is 30.6 Å². The van der Waals surface area contributed by atoms with E-state index in [1.165, 1.54) is 12.8 Å². The summed E-state index contributed by atoms with van der Waals surface area (Å²) in [6.45, 7) is 8.07. The molecule has 0 aromatic rings. The van der Waals surface area contributed by atoms with Gasteiger partial charge in [0.15, 0.2) is 0 Å². The number of hydrogen-bond donors (Lipinski definition) is 0. The molecule has 1 unspecified atom stereocenters. The third-order valence-corrected chi connectivity index (χ3v) is 4.49. The molecule has 2 nitrogen and oxygen atoms in total. The Morgan fingerprint density at radius 1 is 1.38 bits per heavy atom. The Morgan fingerprint density at radius 3 is 2.75 bits per heavy atom. The monoisotopic (exact) mass is 292 g/mol. The molecule has 1 heterocycles. The van der Waals surface area contributed by atoms with E-state index in [0.717, 1.165) is 50.5 Å². The van der Waals surface area contributed by atoms with Gasteiger partial charge in [0.25, 0.3) is 0 Å². The van der Waals surface area contributed by atoms with E-state index in [2.05, 4.69) is 29.8 Å². The predicted molar refractivity (Wildman–Crippen MR) is 71.2 cm³/mol. The van der Waals surface area contributed by atoms with Gasteiger partial charge in [-0.3, -0.25) is 0 Å². The Hall–Kier alpha value is 0.400. The largest absolute Gasteiger partial charge is 0.381 e. The van der Waals surface area contributed by atoms with Crippen molar-refractivity contribution in [2.45, 2.75) is 39.5 Å². The second-order valence-corrected chi connectivity index (χ2v) is 5.90. The molecule has 0 bridgehead atoms. The summed E-state index contributed by atoms with van der Waals surface area (Å²) in [6.07, 6.45) is 4.75. The molecule has 96 valence electrons. The molecular weight excluding hydrogens is 268 g/mol. The van der Waals surface area contributed by atoms with Gasteiger partial charge in [-0.05, 0) is 31.6 Å². The van der Waals surface area contributed by atoms with E-state index in [9.17, 15) is 0 Å². The van der Waals surface area contributed by atoms with E-state index < -0.39 is 0 Å². The highest BCUT2D eigenvalue weighted by molar-refractivity contribution is 9.09. The second kappa shape index (κ2) is 7.67. The molecule has 0 saturated carbocycles.